The molecular weight excluding hydrogens is 141 g/mol. The van der Waals surface area contributed by atoms with Gasteiger partial charge in [-0.3, -0.25) is 4.67 Å². The molecule has 0 aliphatic carbocycles. The van der Waals surface area contributed by atoms with Crippen LogP contribution in [-0.2, 0) is 0 Å². The predicted molar refractivity (Wildman–Crippen MR) is 50.9 cm³/mol. The van der Waals surface area contributed by atoms with E-state index in [1.807, 2.05) is 0 Å². The highest BCUT2D eigenvalue weighted by molar-refractivity contribution is 7.34. The van der Waals surface area contributed by atoms with Crippen molar-refractivity contribution in [2.75, 3.05) is 13.2 Å². The van der Waals surface area contributed by atoms with E-state index >= 15 is 0 Å². The summed E-state index contributed by atoms with van der Waals surface area (Å²) in [7, 11) is 0.955. The summed E-state index contributed by atoms with van der Waals surface area (Å²) in [6, 6.07) is 0.714. The number of nitrogens with zero attached hydrogens (tertiary/aromatic N) is 1. The molecule has 0 bridgehead atoms. The molecule has 0 aromatic heterocycles. The van der Waals surface area contributed by atoms with Crippen LogP contribution in [0.4, 0.5) is 0 Å². The number of hydrogen-bond acceptors (Lipinski definition) is 1. The molecule has 0 aromatic rings. The average molecular weight is 161 g/mol. The van der Waals surface area contributed by atoms with E-state index in [0.717, 1.165) is 14.6 Å². The SMILES string of the molecule is CPN(CC(C)C)C(C)C. The highest BCUT2D eigenvalue weighted by atomic mass is 31.1. The fraction of sp³-hybridized carbons (Fsp3) is 1.00. The zero-order valence-corrected chi connectivity index (χ0v) is 8.81. The van der Waals surface area contributed by atoms with E-state index in [-0.39, 0.29) is 0 Å². The van der Waals surface area contributed by atoms with Crippen LogP contribution in [0, 0.1) is 5.92 Å². The van der Waals surface area contributed by atoms with Gasteiger partial charge in [0.25, 0.3) is 0 Å². The summed E-state index contributed by atoms with van der Waals surface area (Å²) < 4.78 is 2.52. The van der Waals surface area contributed by atoms with E-state index in [4.69, 9.17) is 0 Å². The van der Waals surface area contributed by atoms with Gasteiger partial charge in [-0.05, 0) is 26.4 Å². The number of hydrogen-bond donors (Lipinski definition) is 0. The third-order valence-corrected chi connectivity index (χ3v) is 2.75. The van der Waals surface area contributed by atoms with Crippen LogP contribution < -0.4 is 0 Å². The van der Waals surface area contributed by atoms with Crippen molar-refractivity contribution in [2.45, 2.75) is 33.7 Å². The molecule has 0 fully saturated rings. The summed E-state index contributed by atoms with van der Waals surface area (Å²) in [5.41, 5.74) is 0. The first-order chi connectivity index (χ1) is 4.57. The summed E-state index contributed by atoms with van der Waals surface area (Å²) in [5, 5.41) is 0. The minimum absolute atomic E-state index is 0.714. The van der Waals surface area contributed by atoms with Crippen LogP contribution in [-0.4, -0.2) is 23.9 Å². The van der Waals surface area contributed by atoms with Crippen molar-refractivity contribution in [3.8, 4) is 0 Å². The van der Waals surface area contributed by atoms with Crippen LogP contribution in [0.1, 0.15) is 27.7 Å². The monoisotopic (exact) mass is 161 g/mol. The van der Waals surface area contributed by atoms with Crippen LogP contribution in [0.15, 0.2) is 0 Å². The molecule has 0 rings (SSSR count). The van der Waals surface area contributed by atoms with Crippen LogP contribution >= 0.6 is 8.73 Å². The summed E-state index contributed by atoms with van der Waals surface area (Å²) in [5.74, 6) is 0.801. The Kier molecular flexibility index (Phi) is 5.29. The van der Waals surface area contributed by atoms with Crippen LogP contribution in [0.2, 0.25) is 0 Å². The maximum Gasteiger partial charge on any atom is 0.00751 e. The molecule has 10 heavy (non-hydrogen) atoms. The van der Waals surface area contributed by atoms with Crippen molar-refractivity contribution in [1.82, 2.24) is 4.67 Å². The molecule has 0 aliphatic heterocycles. The van der Waals surface area contributed by atoms with Crippen LogP contribution in [0.25, 0.3) is 0 Å². The Morgan fingerprint density at radius 2 is 1.70 bits per heavy atom. The molecule has 62 valence electrons. The molecular formula is C8H20NP. The lowest BCUT2D eigenvalue weighted by Gasteiger charge is -2.26. The normalized spacial score (nSPS) is 13.2. The third kappa shape index (κ3) is 4.24. The van der Waals surface area contributed by atoms with Crippen molar-refractivity contribution in [3.05, 3.63) is 0 Å². The van der Waals surface area contributed by atoms with Gasteiger partial charge in [0, 0.05) is 12.6 Å². The van der Waals surface area contributed by atoms with E-state index in [1.54, 1.807) is 0 Å². The van der Waals surface area contributed by atoms with E-state index in [9.17, 15) is 0 Å². The van der Waals surface area contributed by atoms with Crippen molar-refractivity contribution in [2.24, 2.45) is 5.92 Å². The molecule has 0 heterocycles. The van der Waals surface area contributed by atoms with Gasteiger partial charge in [-0.1, -0.05) is 22.6 Å². The fourth-order valence-electron chi connectivity index (χ4n) is 0.954. The lowest BCUT2D eigenvalue weighted by molar-refractivity contribution is 0.346. The van der Waals surface area contributed by atoms with Gasteiger partial charge in [-0.25, -0.2) is 0 Å². The highest BCUT2D eigenvalue weighted by Gasteiger charge is 2.07. The smallest absolute Gasteiger partial charge is 0.00751 e. The van der Waals surface area contributed by atoms with Gasteiger partial charge in [-0.2, -0.15) is 0 Å². The van der Waals surface area contributed by atoms with E-state index < -0.39 is 0 Å². The standard InChI is InChI=1S/C8H20NP/c1-7(2)6-9(10-5)8(3)4/h7-8,10H,6H2,1-5H3. The van der Waals surface area contributed by atoms with Crippen LogP contribution in [0.3, 0.4) is 0 Å². The zero-order chi connectivity index (χ0) is 8.15. The summed E-state index contributed by atoms with van der Waals surface area (Å²) in [6.45, 7) is 12.6. The third-order valence-electron chi connectivity index (χ3n) is 1.47. The lowest BCUT2D eigenvalue weighted by Crippen LogP contribution is -2.26. The molecule has 0 N–H and O–H groups in total. The minimum Gasteiger partial charge on any atom is -0.282 e. The second-order valence-corrected chi connectivity index (χ2v) is 4.39. The molecule has 0 aromatic carbocycles. The van der Waals surface area contributed by atoms with Gasteiger partial charge < -0.3 is 0 Å². The maximum absolute atomic E-state index is 2.52. The predicted octanol–water partition coefficient (Wildman–Crippen LogP) is 2.58. The topological polar surface area (TPSA) is 3.24 Å². The molecule has 2 heteroatoms. The molecule has 1 atom stereocenters. The average Bonchev–Trinajstić information content (AvgIpc) is 1.81. The highest BCUT2D eigenvalue weighted by Crippen LogP contribution is 2.18. The van der Waals surface area contributed by atoms with Crippen molar-refractivity contribution < 1.29 is 0 Å². The molecule has 0 amide bonds. The first kappa shape index (κ1) is 10.4. The largest absolute Gasteiger partial charge is 0.282 e. The molecule has 0 saturated carbocycles. The fourth-order valence-corrected chi connectivity index (χ4v) is 2.02. The first-order valence-electron chi connectivity index (χ1n) is 4.02. The Bertz CT molecular complexity index is 81.3. The molecule has 1 nitrogen and oxygen atoms in total. The Hall–Kier alpha value is 0.390. The van der Waals surface area contributed by atoms with Gasteiger partial charge in [0.15, 0.2) is 0 Å². The molecule has 0 spiro atoms. The Labute approximate surface area is 67.0 Å². The van der Waals surface area contributed by atoms with Gasteiger partial charge in [-0.15, -0.1) is 0 Å². The van der Waals surface area contributed by atoms with E-state index in [0.29, 0.717) is 6.04 Å². The first-order valence-corrected chi connectivity index (χ1v) is 5.46. The Morgan fingerprint density at radius 1 is 1.20 bits per heavy atom. The molecule has 0 radical (unpaired) electrons. The van der Waals surface area contributed by atoms with Crippen molar-refractivity contribution >= 4 is 8.73 Å². The second kappa shape index (κ2) is 5.09. The van der Waals surface area contributed by atoms with Crippen LogP contribution in [0.5, 0.6) is 0 Å². The van der Waals surface area contributed by atoms with Crippen molar-refractivity contribution in [3.63, 3.8) is 0 Å². The van der Waals surface area contributed by atoms with Gasteiger partial charge in [0.2, 0.25) is 0 Å². The lowest BCUT2D eigenvalue weighted by atomic mass is 10.2. The molecule has 0 saturated heterocycles. The summed E-state index contributed by atoms with van der Waals surface area (Å²) >= 11 is 0. The van der Waals surface area contributed by atoms with E-state index in [1.165, 1.54) is 6.54 Å². The van der Waals surface area contributed by atoms with Gasteiger partial charge in [0.05, 0.1) is 0 Å². The summed E-state index contributed by atoms with van der Waals surface area (Å²) in [4.78, 5) is 0. The Morgan fingerprint density at radius 3 is 1.80 bits per heavy atom. The second-order valence-electron chi connectivity index (χ2n) is 3.36. The quantitative estimate of drug-likeness (QED) is 0.573. The Balaban J connectivity index is 3.60. The molecule has 1 unspecified atom stereocenters. The summed E-state index contributed by atoms with van der Waals surface area (Å²) in [6.07, 6.45) is 0. The minimum atomic E-state index is 0.714. The number of rotatable bonds is 4. The van der Waals surface area contributed by atoms with Crippen molar-refractivity contribution in [1.29, 1.82) is 0 Å². The zero-order valence-electron chi connectivity index (χ0n) is 7.81. The molecule has 0 aliphatic rings. The van der Waals surface area contributed by atoms with Gasteiger partial charge >= 0.3 is 0 Å². The van der Waals surface area contributed by atoms with Gasteiger partial charge in [0.1, 0.15) is 0 Å². The maximum atomic E-state index is 2.52. The van der Waals surface area contributed by atoms with E-state index in [2.05, 4.69) is 39.0 Å².